The van der Waals surface area contributed by atoms with Crippen molar-refractivity contribution in [2.24, 2.45) is 0 Å². The zero-order chi connectivity index (χ0) is 24.6. The van der Waals surface area contributed by atoms with Gasteiger partial charge in [0.2, 0.25) is 0 Å². The molecule has 2 rings (SSSR count). The first-order valence-electron chi connectivity index (χ1n) is 10.8. The zero-order valence-corrected chi connectivity index (χ0v) is 19.7. The smallest absolute Gasteiger partial charge is 0.310 e. The normalized spacial score (nSPS) is 9.45. The molecule has 8 nitrogen and oxygen atoms in total. The van der Waals surface area contributed by atoms with E-state index >= 15 is 0 Å². The van der Waals surface area contributed by atoms with Gasteiger partial charge in [-0.2, -0.15) is 0 Å². The summed E-state index contributed by atoms with van der Waals surface area (Å²) in [5.74, 6) is 0.623. The molecule has 0 aliphatic heterocycles. The second kappa shape index (κ2) is 22.3. The van der Waals surface area contributed by atoms with Gasteiger partial charge in [0.05, 0.1) is 26.4 Å². The molecule has 2 aromatic rings. The number of esters is 2. The van der Waals surface area contributed by atoms with Gasteiger partial charge < -0.3 is 28.8 Å². The molecule has 0 aliphatic carbocycles. The molecule has 0 heterocycles. The summed E-state index contributed by atoms with van der Waals surface area (Å²) in [7, 11) is 0. The van der Waals surface area contributed by atoms with Crippen molar-refractivity contribution in [1.82, 2.24) is 0 Å². The molecule has 8 heteroatoms. The van der Waals surface area contributed by atoms with Crippen LogP contribution in [0.3, 0.4) is 0 Å². The number of ether oxygens (including phenoxy) is 5. The number of aliphatic hydroxyl groups is 1. The third kappa shape index (κ3) is 22.1. The molecule has 0 atom stereocenters. The van der Waals surface area contributed by atoms with Crippen molar-refractivity contribution in [3.63, 3.8) is 0 Å². The lowest BCUT2D eigenvalue weighted by molar-refractivity contribution is -0.156. The average molecular weight is 465 g/mol. The lowest BCUT2D eigenvalue weighted by Crippen LogP contribution is -2.08. The van der Waals surface area contributed by atoms with E-state index in [1.165, 1.54) is 13.8 Å². The molecular weight excluding hydrogens is 428 g/mol. The summed E-state index contributed by atoms with van der Waals surface area (Å²) in [6, 6.07) is 19.4. The molecule has 0 saturated carbocycles. The first-order chi connectivity index (χ1) is 16.0. The van der Waals surface area contributed by atoms with E-state index in [0.717, 1.165) is 24.5 Å². The fraction of sp³-hybridized carbons (Fsp3) is 0.440. The SMILES string of the molecule is CC(=O)OC(C)=O.CCCOCCOc1ccccc1.OCCOCCOc1ccccc1. The van der Waals surface area contributed by atoms with Crippen LogP contribution in [0.4, 0.5) is 0 Å². The van der Waals surface area contributed by atoms with Crippen molar-refractivity contribution in [3.8, 4) is 11.5 Å². The van der Waals surface area contributed by atoms with Crippen molar-refractivity contribution in [2.75, 3.05) is 46.2 Å². The Balaban J connectivity index is 0.000000490. The van der Waals surface area contributed by atoms with Crippen LogP contribution >= 0.6 is 0 Å². The molecule has 0 aliphatic rings. The zero-order valence-electron chi connectivity index (χ0n) is 19.7. The number of rotatable bonds is 12. The number of aliphatic hydroxyl groups excluding tert-OH is 1. The Hall–Kier alpha value is -2.94. The van der Waals surface area contributed by atoms with Gasteiger partial charge in [0.25, 0.3) is 0 Å². The van der Waals surface area contributed by atoms with Crippen LogP contribution in [0.15, 0.2) is 60.7 Å². The fourth-order valence-corrected chi connectivity index (χ4v) is 2.09. The van der Waals surface area contributed by atoms with Gasteiger partial charge in [-0.25, -0.2) is 0 Å². The highest BCUT2D eigenvalue weighted by molar-refractivity contribution is 5.82. The summed E-state index contributed by atoms with van der Waals surface area (Å²) < 4.78 is 25.1. The Bertz CT molecular complexity index is 645. The quantitative estimate of drug-likeness (QED) is 0.289. The average Bonchev–Trinajstić information content (AvgIpc) is 2.80. The van der Waals surface area contributed by atoms with Crippen LogP contribution in [0, 0.1) is 0 Å². The van der Waals surface area contributed by atoms with Crippen LogP contribution in [-0.2, 0) is 23.8 Å². The molecule has 0 bridgehead atoms. The van der Waals surface area contributed by atoms with E-state index in [1.807, 2.05) is 60.7 Å². The first kappa shape index (κ1) is 30.1. The molecule has 0 fully saturated rings. The van der Waals surface area contributed by atoms with Gasteiger partial charge in [-0.1, -0.05) is 43.3 Å². The predicted molar refractivity (Wildman–Crippen MR) is 125 cm³/mol. The maximum atomic E-state index is 9.81. The molecule has 0 unspecified atom stereocenters. The minimum absolute atomic E-state index is 0.0609. The second-order valence-corrected chi connectivity index (χ2v) is 6.36. The van der Waals surface area contributed by atoms with E-state index in [-0.39, 0.29) is 6.61 Å². The number of benzene rings is 2. The van der Waals surface area contributed by atoms with E-state index in [4.69, 9.17) is 24.1 Å². The Labute approximate surface area is 196 Å². The molecule has 184 valence electrons. The van der Waals surface area contributed by atoms with Crippen molar-refractivity contribution in [1.29, 1.82) is 0 Å². The van der Waals surface area contributed by atoms with Crippen LogP contribution in [0.1, 0.15) is 27.2 Å². The standard InChI is InChI=1S/C11H16O2.C10H14O3.C4H6O3/c1-2-8-12-9-10-13-11-6-4-3-5-7-11;11-6-7-12-8-9-13-10-4-2-1-3-5-10;1-3(5)7-4(2)6/h3-7H,2,8-10H2,1H3;1-5,11H,6-9H2;1-2H3. The Morgan fingerprint density at radius 3 is 1.42 bits per heavy atom. The second-order valence-electron chi connectivity index (χ2n) is 6.36. The van der Waals surface area contributed by atoms with Gasteiger partial charge in [0, 0.05) is 20.5 Å². The van der Waals surface area contributed by atoms with Gasteiger partial charge in [-0.15, -0.1) is 0 Å². The van der Waals surface area contributed by atoms with Gasteiger partial charge in [-0.3, -0.25) is 9.59 Å². The largest absolute Gasteiger partial charge is 0.491 e. The van der Waals surface area contributed by atoms with Crippen LogP contribution in [0.5, 0.6) is 11.5 Å². The summed E-state index contributed by atoms with van der Waals surface area (Å²) in [6.45, 7) is 8.04. The fourth-order valence-electron chi connectivity index (χ4n) is 2.09. The predicted octanol–water partition coefficient (Wildman–Crippen LogP) is 3.66. The van der Waals surface area contributed by atoms with Gasteiger partial charge >= 0.3 is 11.9 Å². The lowest BCUT2D eigenvalue weighted by Gasteiger charge is -2.05. The third-order valence-electron chi connectivity index (χ3n) is 3.35. The molecule has 1 N–H and O–H groups in total. The third-order valence-corrected chi connectivity index (χ3v) is 3.35. The van der Waals surface area contributed by atoms with E-state index in [9.17, 15) is 9.59 Å². The van der Waals surface area contributed by atoms with Gasteiger partial charge in [0.15, 0.2) is 0 Å². The number of para-hydroxylation sites is 2. The van der Waals surface area contributed by atoms with Crippen LogP contribution < -0.4 is 9.47 Å². The highest BCUT2D eigenvalue weighted by Crippen LogP contribution is 2.08. The van der Waals surface area contributed by atoms with Crippen LogP contribution in [0.2, 0.25) is 0 Å². The molecule has 0 spiro atoms. The number of carbonyl (C=O) groups is 2. The van der Waals surface area contributed by atoms with Crippen molar-refractivity contribution in [2.45, 2.75) is 27.2 Å². The molecule has 0 aromatic heterocycles. The van der Waals surface area contributed by atoms with Crippen molar-refractivity contribution < 1.29 is 38.4 Å². The summed E-state index contributed by atoms with van der Waals surface area (Å²) >= 11 is 0. The number of hydrogen-bond acceptors (Lipinski definition) is 8. The lowest BCUT2D eigenvalue weighted by atomic mass is 10.3. The summed E-state index contributed by atoms with van der Waals surface area (Å²) in [5.41, 5.74) is 0. The maximum absolute atomic E-state index is 9.81. The maximum Gasteiger partial charge on any atom is 0.310 e. The minimum Gasteiger partial charge on any atom is -0.491 e. The molecule has 33 heavy (non-hydrogen) atoms. The van der Waals surface area contributed by atoms with Gasteiger partial charge in [-0.05, 0) is 30.7 Å². The van der Waals surface area contributed by atoms with E-state index in [0.29, 0.717) is 33.0 Å². The van der Waals surface area contributed by atoms with Crippen molar-refractivity contribution in [3.05, 3.63) is 60.7 Å². The van der Waals surface area contributed by atoms with Crippen LogP contribution in [0.25, 0.3) is 0 Å². The molecule has 0 saturated heterocycles. The molecular formula is C25H36O8. The first-order valence-corrected chi connectivity index (χ1v) is 10.8. The summed E-state index contributed by atoms with van der Waals surface area (Å²) in [5, 5.41) is 8.42. The monoisotopic (exact) mass is 464 g/mol. The Kier molecular flexibility index (Phi) is 20.3. The molecule has 0 amide bonds. The van der Waals surface area contributed by atoms with Crippen LogP contribution in [-0.4, -0.2) is 63.3 Å². The highest BCUT2D eigenvalue weighted by Gasteiger charge is 1.94. The topological polar surface area (TPSA) is 101 Å². The Morgan fingerprint density at radius 1 is 0.667 bits per heavy atom. The highest BCUT2D eigenvalue weighted by atomic mass is 16.6. The summed E-state index contributed by atoms with van der Waals surface area (Å²) in [4.78, 5) is 19.6. The van der Waals surface area contributed by atoms with E-state index < -0.39 is 11.9 Å². The summed E-state index contributed by atoms with van der Waals surface area (Å²) in [6.07, 6.45) is 1.06. The van der Waals surface area contributed by atoms with Crippen molar-refractivity contribution >= 4 is 11.9 Å². The number of hydrogen-bond donors (Lipinski definition) is 1. The van der Waals surface area contributed by atoms with E-state index in [1.54, 1.807) is 0 Å². The minimum atomic E-state index is -0.562. The molecule has 0 radical (unpaired) electrons. The van der Waals surface area contributed by atoms with Gasteiger partial charge in [0.1, 0.15) is 24.7 Å². The van der Waals surface area contributed by atoms with E-state index in [2.05, 4.69) is 11.7 Å². The Morgan fingerprint density at radius 2 is 1.09 bits per heavy atom. The molecule has 2 aromatic carbocycles. The number of carbonyl (C=O) groups excluding carboxylic acids is 2.